The van der Waals surface area contributed by atoms with Gasteiger partial charge in [-0.05, 0) is 36.4 Å². The Labute approximate surface area is 111 Å². The molecule has 0 aliphatic rings. The number of benzene rings is 1. The second kappa shape index (κ2) is 4.39. The third-order valence-corrected chi connectivity index (χ3v) is 3.91. The van der Waals surface area contributed by atoms with Crippen LogP contribution in [0.5, 0.6) is 0 Å². The average molecular weight is 283 g/mol. The average Bonchev–Trinajstić information content (AvgIpc) is 2.93. The molecule has 0 bridgehead atoms. The van der Waals surface area contributed by atoms with Crippen molar-refractivity contribution < 1.29 is 13.9 Å². The minimum atomic E-state index is -0.877. The van der Waals surface area contributed by atoms with E-state index in [1.54, 1.807) is 24.3 Å². The lowest BCUT2D eigenvalue weighted by Gasteiger charge is -2.03. The van der Waals surface area contributed by atoms with Crippen molar-refractivity contribution in [3.05, 3.63) is 57.2 Å². The number of thiophene rings is 1. The fourth-order valence-electron chi connectivity index (χ4n) is 1.78. The van der Waals surface area contributed by atoms with Gasteiger partial charge in [-0.3, -0.25) is 0 Å². The summed E-state index contributed by atoms with van der Waals surface area (Å²) in [7, 11) is 0. The van der Waals surface area contributed by atoms with Crippen LogP contribution in [0.25, 0.3) is 11.0 Å². The molecular weight excluding hydrogens is 275 g/mol. The van der Waals surface area contributed by atoms with Crippen LogP contribution in [0.1, 0.15) is 16.7 Å². The highest BCUT2D eigenvalue weighted by molar-refractivity contribution is 7.16. The number of furan rings is 1. The largest absolute Gasteiger partial charge is 0.458 e. The number of halogens is 2. The van der Waals surface area contributed by atoms with Crippen LogP contribution in [0.4, 0.5) is 4.39 Å². The minimum Gasteiger partial charge on any atom is -0.458 e. The van der Waals surface area contributed by atoms with Crippen LogP contribution in [0, 0.1) is 5.82 Å². The molecule has 0 aliphatic heterocycles. The third-order valence-electron chi connectivity index (χ3n) is 2.63. The maximum absolute atomic E-state index is 13.1. The van der Waals surface area contributed by atoms with Crippen molar-refractivity contribution in [3.63, 3.8) is 0 Å². The molecule has 1 N–H and O–H groups in total. The van der Waals surface area contributed by atoms with Crippen LogP contribution in [-0.2, 0) is 0 Å². The van der Waals surface area contributed by atoms with Gasteiger partial charge in [0, 0.05) is 10.3 Å². The third kappa shape index (κ3) is 2.03. The van der Waals surface area contributed by atoms with E-state index < -0.39 is 6.10 Å². The lowest BCUT2D eigenvalue weighted by atomic mass is 10.2. The van der Waals surface area contributed by atoms with Crippen LogP contribution in [0.2, 0.25) is 4.34 Å². The molecule has 3 aromatic rings. The zero-order valence-corrected chi connectivity index (χ0v) is 10.6. The monoisotopic (exact) mass is 282 g/mol. The van der Waals surface area contributed by atoms with Gasteiger partial charge in [-0.15, -0.1) is 11.3 Å². The fraction of sp³-hybridized carbons (Fsp3) is 0.0769. The normalized spacial score (nSPS) is 13.1. The maximum atomic E-state index is 13.1. The molecule has 1 unspecified atom stereocenters. The van der Waals surface area contributed by atoms with E-state index in [1.165, 1.54) is 23.5 Å². The predicted molar refractivity (Wildman–Crippen MR) is 69.6 cm³/mol. The topological polar surface area (TPSA) is 33.4 Å². The molecule has 0 fully saturated rings. The first-order chi connectivity index (χ1) is 8.63. The Bertz CT molecular complexity index is 704. The van der Waals surface area contributed by atoms with Gasteiger partial charge in [-0.2, -0.15) is 0 Å². The molecule has 0 amide bonds. The fourth-order valence-corrected chi connectivity index (χ4v) is 2.84. The second-order valence-electron chi connectivity index (χ2n) is 3.88. The molecular formula is C13H8ClFO2S. The number of aliphatic hydroxyl groups excluding tert-OH is 1. The van der Waals surface area contributed by atoms with Crippen LogP contribution >= 0.6 is 22.9 Å². The van der Waals surface area contributed by atoms with E-state index in [-0.39, 0.29) is 5.82 Å². The zero-order chi connectivity index (χ0) is 12.7. The molecule has 0 saturated heterocycles. The molecule has 1 aromatic carbocycles. The summed E-state index contributed by atoms with van der Waals surface area (Å²) in [5.74, 6) is 0.0534. The smallest absolute Gasteiger partial charge is 0.146 e. The predicted octanol–water partition coefficient (Wildman–Crippen LogP) is 4.37. The number of aliphatic hydroxyl groups is 1. The summed E-state index contributed by atoms with van der Waals surface area (Å²) in [6.07, 6.45) is -0.877. The highest BCUT2D eigenvalue weighted by Gasteiger charge is 2.17. The van der Waals surface area contributed by atoms with Crippen molar-refractivity contribution in [2.45, 2.75) is 6.10 Å². The summed E-state index contributed by atoms with van der Waals surface area (Å²) in [4.78, 5) is 0.694. The molecule has 5 heteroatoms. The summed E-state index contributed by atoms with van der Waals surface area (Å²) < 4.78 is 19.2. The van der Waals surface area contributed by atoms with Gasteiger partial charge in [0.05, 0.1) is 4.34 Å². The van der Waals surface area contributed by atoms with Gasteiger partial charge in [0.1, 0.15) is 23.3 Å². The van der Waals surface area contributed by atoms with E-state index in [0.717, 1.165) is 0 Å². The summed E-state index contributed by atoms with van der Waals surface area (Å²) in [6.45, 7) is 0. The van der Waals surface area contributed by atoms with E-state index in [1.807, 2.05) is 0 Å². The number of fused-ring (bicyclic) bond motifs is 1. The van der Waals surface area contributed by atoms with Crippen LogP contribution in [0.3, 0.4) is 0 Å². The van der Waals surface area contributed by atoms with E-state index in [9.17, 15) is 9.50 Å². The molecule has 2 nitrogen and oxygen atoms in total. The van der Waals surface area contributed by atoms with E-state index in [4.69, 9.17) is 16.0 Å². The number of rotatable bonds is 2. The highest BCUT2D eigenvalue weighted by Crippen LogP contribution is 2.33. The zero-order valence-electron chi connectivity index (χ0n) is 9.06. The van der Waals surface area contributed by atoms with E-state index >= 15 is 0 Å². The summed E-state index contributed by atoms with van der Waals surface area (Å²) in [5, 5.41) is 10.8. The van der Waals surface area contributed by atoms with Crippen molar-refractivity contribution >= 4 is 33.9 Å². The molecule has 0 radical (unpaired) electrons. The first-order valence-electron chi connectivity index (χ1n) is 5.26. The Balaban J connectivity index is 2.03. The molecule has 0 saturated carbocycles. The van der Waals surface area contributed by atoms with Gasteiger partial charge in [0.2, 0.25) is 0 Å². The van der Waals surface area contributed by atoms with Gasteiger partial charge in [0.25, 0.3) is 0 Å². The maximum Gasteiger partial charge on any atom is 0.146 e. The Kier molecular flexibility index (Phi) is 2.86. The van der Waals surface area contributed by atoms with Crippen molar-refractivity contribution in [3.8, 4) is 0 Å². The molecule has 1 atom stereocenters. The first kappa shape index (κ1) is 11.7. The lowest BCUT2D eigenvalue weighted by molar-refractivity contribution is 0.196. The van der Waals surface area contributed by atoms with Gasteiger partial charge >= 0.3 is 0 Å². The van der Waals surface area contributed by atoms with Gasteiger partial charge in [0.15, 0.2) is 0 Å². The minimum absolute atomic E-state index is 0.330. The summed E-state index contributed by atoms with van der Waals surface area (Å²) in [6, 6.07) is 9.33. The van der Waals surface area contributed by atoms with Crippen LogP contribution in [0.15, 0.2) is 40.8 Å². The van der Waals surface area contributed by atoms with Crippen LogP contribution in [-0.4, -0.2) is 5.11 Å². The van der Waals surface area contributed by atoms with E-state index in [0.29, 0.717) is 25.9 Å². The number of hydrogen-bond acceptors (Lipinski definition) is 3. The van der Waals surface area contributed by atoms with Crippen LogP contribution < -0.4 is 0 Å². The Morgan fingerprint density at radius 2 is 2.06 bits per heavy atom. The van der Waals surface area contributed by atoms with Gasteiger partial charge < -0.3 is 9.52 Å². The highest BCUT2D eigenvalue weighted by atomic mass is 35.5. The molecule has 3 rings (SSSR count). The molecule has 2 heterocycles. The van der Waals surface area contributed by atoms with Gasteiger partial charge in [-0.25, -0.2) is 4.39 Å². The van der Waals surface area contributed by atoms with Crippen molar-refractivity contribution in [1.82, 2.24) is 0 Å². The Morgan fingerprint density at radius 1 is 1.22 bits per heavy atom. The van der Waals surface area contributed by atoms with Crippen molar-refractivity contribution in [1.29, 1.82) is 0 Å². The molecule has 92 valence electrons. The molecule has 0 spiro atoms. The van der Waals surface area contributed by atoms with Gasteiger partial charge in [-0.1, -0.05) is 11.6 Å². The van der Waals surface area contributed by atoms with Crippen molar-refractivity contribution in [2.24, 2.45) is 0 Å². The summed E-state index contributed by atoms with van der Waals surface area (Å²) >= 11 is 7.10. The molecule has 18 heavy (non-hydrogen) atoms. The second-order valence-corrected chi connectivity index (χ2v) is 5.62. The quantitative estimate of drug-likeness (QED) is 0.757. The SMILES string of the molecule is OC(c1cc2cc(F)ccc2o1)c1ccc(Cl)s1. The Hall–Kier alpha value is -1.36. The lowest BCUT2D eigenvalue weighted by Crippen LogP contribution is -1.93. The Morgan fingerprint density at radius 3 is 2.78 bits per heavy atom. The molecule has 2 aromatic heterocycles. The van der Waals surface area contributed by atoms with E-state index in [2.05, 4.69) is 0 Å². The summed E-state index contributed by atoms with van der Waals surface area (Å²) in [5.41, 5.74) is 0.549. The number of hydrogen-bond donors (Lipinski definition) is 1. The first-order valence-corrected chi connectivity index (χ1v) is 6.45. The molecule has 0 aliphatic carbocycles. The van der Waals surface area contributed by atoms with Crippen molar-refractivity contribution in [2.75, 3.05) is 0 Å². The standard InChI is InChI=1S/C13H8ClFO2S/c14-12-4-3-11(18-12)13(16)10-6-7-5-8(15)1-2-9(7)17-10/h1-6,13,16H.